The van der Waals surface area contributed by atoms with Crippen LogP contribution in [0.3, 0.4) is 0 Å². The van der Waals surface area contributed by atoms with Crippen LogP contribution in [0.25, 0.3) is 0 Å². The summed E-state index contributed by atoms with van der Waals surface area (Å²) in [4.78, 5) is 246. The Bertz CT molecular complexity index is 3370. The zero-order valence-corrected chi connectivity index (χ0v) is 66.1. The molecule has 0 aromatic heterocycles. The number of nitrogens with one attached hydrogen (secondary N) is 13. The molecule has 0 aliphatic carbocycles. The molecule has 15 atom stereocenters. The van der Waals surface area contributed by atoms with E-state index < -0.39 is 222 Å². The van der Waals surface area contributed by atoms with Crippen LogP contribution in [0, 0.1) is 11.3 Å². The number of carbonyl (C=O) groups is 18. The summed E-state index contributed by atoms with van der Waals surface area (Å²) in [6, 6.07) is -19.9. The van der Waals surface area contributed by atoms with Gasteiger partial charge in [-0.3, -0.25) is 86.9 Å². The van der Waals surface area contributed by atoms with Crippen molar-refractivity contribution in [2.75, 3.05) is 45.8 Å². The number of carboxylic acids is 2. The molecular weight excluding hydrogens is 1490 g/mol. The Morgan fingerprint density at radius 1 is 0.377 bits per heavy atom. The fraction of sp³-hybridized carbons (Fsp3) is 0.732. The third-order valence-electron chi connectivity index (χ3n) is 19.7. The number of guanidine groups is 1. The van der Waals surface area contributed by atoms with E-state index in [1.807, 2.05) is 0 Å². The molecular formula is C71H123N23O20. The number of rotatable bonds is 52. The van der Waals surface area contributed by atoms with Crippen LogP contribution in [0.4, 0.5) is 0 Å². The van der Waals surface area contributed by atoms with Gasteiger partial charge < -0.3 is 129 Å². The number of unbranched alkanes of at least 4 members (excludes halogenated alkanes) is 3. The van der Waals surface area contributed by atoms with Crippen molar-refractivity contribution in [3.05, 3.63) is 0 Å². The van der Waals surface area contributed by atoms with E-state index in [-0.39, 0.29) is 136 Å². The molecule has 16 amide bonds. The Morgan fingerprint density at radius 3 is 1.11 bits per heavy atom. The maximum atomic E-state index is 14.8. The molecule has 0 aromatic carbocycles. The summed E-state index contributed by atoms with van der Waals surface area (Å²) in [7, 11) is 0. The number of nitrogens with two attached hydrogens (primary N) is 7. The molecule has 3 fully saturated rings. The molecule has 0 aromatic rings. The second-order valence-corrected chi connectivity index (χ2v) is 29.3. The average Bonchev–Trinajstić information content (AvgIpc) is 1.65. The van der Waals surface area contributed by atoms with Gasteiger partial charge in [-0.05, 0) is 175 Å². The predicted octanol–water partition coefficient (Wildman–Crippen LogP) is -7.51. The van der Waals surface area contributed by atoms with Crippen molar-refractivity contribution in [1.82, 2.24) is 78.5 Å². The van der Waals surface area contributed by atoms with Gasteiger partial charge in [-0.2, -0.15) is 0 Å². The van der Waals surface area contributed by atoms with Crippen LogP contribution < -0.4 is 104 Å². The summed E-state index contributed by atoms with van der Waals surface area (Å²) in [5.74, 6) is -16.8. The quantitative estimate of drug-likeness (QED) is 0.0153. The van der Waals surface area contributed by atoms with Gasteiger partial charge in [0.05, 0.1) is 6.04 Å². The minimum atomic E-state index is -1.54. The number of amides is 16. The summed E-state index contributed by atoms with van der Waals surface area (Å²) in [6.45, 7) is 9.30. The highest BCUT2D eigenvalue weighted by molar-refractivity contribution is 6.01. The van der Waals surface area contributed by atoms with E-state index in [1.165, 1.54) is 42.4 Å². The Kier molecular flexibility index (Phi) is 42.8. The van der Waals surface area contributed by atoms with Gasteiger partial charge in [-0.15, -0.1) is 0 Å². The van der Waals surface area contributed by atoms with Crippen LogP contribution in [0.1, 0.15) is 189 Å². The van der Waals surface area contributed by atoms with E-state index in [2.05, 4.69) is 63.8 Å². The maximum Gasteiger partial charge on any atom is 0.326 e. The average molecular weight is 1620 g/mol. The first-order chi connectivity index (χ1) is 53.8. The Hall–Kier alpha value is -10.4. The molecule has 3 rings (SSSR count). The van der Waals surface area contributed by atoms with Gasteiger partial charge in [-0.1, -0.05) is 20.3 Å². The molecule has 29 N–H and O–H groups in total. The molecule has 3 heterocycles. The van der Waals surface area contributed by atoms with Crippen LogP contribution >= 0.6 is 0 Å². The highest BCUT2D eigenvalue weighted by Gasteiger charge is 2.45. The van der Waals surface area contributed by atoms with Crippen LogP contribution in [-0.4, -0.2) is 274 Å². The SMILES string of the molecule is CC(C)[C@H](NC(=O)[C@@H]1CCCN1C(=O)[C@H](CCC(=O)O)NC(=O)[C@@H](N)CCCCN)C(=O)N1CCC[C@H]1C(=O)N[C@@H](CCC(N)=O)C(=O)N[C@@H](C)C(=O)N[C@@H](CCCCN)C(=O)N1CCC[C@H]1C(=O)N[C@@H](CCCNC(=N)N)C(=O)N[C@@H](CCCCN)C(=O)N[C@@H](C)C(=O)N[C@@H](C)C(=O)N[C@@H](C)C(=O)N[C@@H](CCC(N)=O)C(=O)O. The third-order valence-corrected chi connectivity index (χ3v) is 19.7. The summed E-state index contributed by atoms with van der Waals surface area (Å²) in [6.07, 6.45) is 1.66. The van der Waals surface area contributed by atoms with Crippen molar-refractivity contribution < 1.29 is 96.5 Å². The van der Waals surface area contributed by atoms with Gasteiger partial charge in [0.1, 0.15) is 84.6 Å². The van der Waals surface area contributed by atoms with Crippen molar-refractivity contribution in [2.24, 2.45) is 46.1 Å². The topological polar surface area (TPSA) is 708 Å². The second kappa shape index (κ2) is 49.9. The third kappa shape index (κ3) is 33.0. The molecule has 0 unspecified atom stereocenters. The Balaban J connectivity index is 1.80. The van der Waals surface area contributed by atoms with E-state index in [9.17, 15) is 96.5 Å². The normalized spacial score (nSPS) is 18.3. The number of hydrogen-bond acceptors (Lipinski definition) is 23. The molecule has 0 radical (unpaired) electrons. The zero-order chi connectivity index (χ0) is 85.6. The minimum Gasteiger partial charge on any atom is -0.481 e. The number of carbonyl (C=O) groups excluding carboxylic acids is 16. The fourth-order valence-corrected chi connectivity index (χ4v) is 13.1. The molecule has 0 bridgehead atoms. The number of hydrogen-bond donors (Lipinski definition) is 22. The summed E-state index contributed by atoms with van der Waals surface area (Å²) >= 11 is 0. The lowest BCUT2D eigenvalue weighted by molar-refractivity contribution is -0.145. The molecule has 43 heteroatoms. The lowest BCUT2D eigenvalue weighted by Gasteiger charge is -2.33. The monoisotopic (exact) mass is 1620 g/mol. The van der Waals surface area contributed by atoms with Crippen LogP contribution in [-0.2, 0) is 86.3 Å². The van der Waals surface area contributed by atoms with E-state index in [1.54, 1.807) is 13.8 Å². The Morgan fingerprint density at radius 2 is 0.702 bits per heavy atom. The standard InChI is InChI=1S/C71H123N23O20/c1-37(2)55(91-66(109)51-23-15-35-93(51)68(111)47(26-29-54(97)98)89-60(103)42(75)17-7-10-30-72)69(112)94-36-16-22-50(94)65(108)87-45(24-27-52(76)95)62(105)84-41(6)58(101)88-46(19-9-12-32-74)67(110)92-34-14-21-49(92)64(107)86-44(20-13-33-80-71(78)79)63(106)85-43(18-8-11-31-73)61(104)83-39(4)57(100)81-38(3)56(99)82-40(5)59(102)90-48(70(113)114)25-28-53(77)96/h37-51,55H,7-36,72-75H2,1-6H3,(H2,76,95)(H2,77,96)(H,81,100)(H,82,99)(H,83,104)(H,84,105)(H,85,106)(H,86,107)(H,87,108)(H,88,101)(H,89,103)(H,90,102)(H,91,109)(H,97,98)(H,113,114)(H4,78,79,80)/t38-,39-,40-,41-,42-,43-,44-,45-,46-,47-,48-,49-,50-,51-,55-/m0/s1. The van der Waals surface area contributed by atoms with Crippen molar-refractivity contribution >= 4 is 112 Å². The highest BCUT2D eigenvalue weighted by Crippen LogP contribution is 2.25. The molecule has 3 saturated heterocycles. The van der Waals surface area contributed by atoms with Crippen molar-refractivity contribution in [2.45, 2.75) is 280 Å². The Labute approximate surface area is 662 Å². The first-order valence-electron chi connectivity index (χ1n) is 39.0. The van der Waals surface area contributed by atoms with Gasteiger partial charge >= 0.3 is 11.9 Å². The fourth-order valence-electron chi connectivity index (χ4n) is 13.1. The van der Waals surface area contributed by atoms with E-state index >= 15 is 0 Å². The first kappa shape index (κ1) is 97.8. The van der Waals surface area contributed by atoms with Crippen LogP contribution in [0.5, 0.6) is 0 Å². The van der Waals surface area contributed by atoms with Gasteiger partial charge in [-0.25, -0.2) is 4.79 Å². The van der Waals surface area contributed by atoms with E-state index in [0.29, 0.717) is 45.1 Å². The second-order valence-electron chi connectivity index (χ2n) is 29.3. The van der Waals surface area contributed by atoms with Crippen molar-refractivity contribution in [1.29, 1.82) is 5.41 Å². The number of nitrogens with zero attached hydrogens (tertiary/aromatic N) is 3. The lowest BCUT2D eigenvalue weighted by atomic mass is 10.0. The molecule has 43 nitrogen and oxygen atoms in total. The number of primary amides is 2. The molecule has 3 aliphatic rings. The van der Waals surface area contributed by atoms with E-state index in [0.717, 1.165) is 0 Å². The maximum absolute atomic E-state index is 14.8. The molecule has 0 saturated carbocycles. The summed E-state index contributed by atoms with van der Waals surface area (Å²) in [5, 5.41) is 57.1. The largest absolute Gasteiger partial charge is 0.481 e. The highest BCUT2D eigenvalue weighted by atomic mass is 16.4. The first-order valence-corrected chi connectivity index (χ1v) is 39.0. The van der Waals surface area contributed by atoms with Gasteiger partial charge in [0, 0.05) is 45.4 Å². The molecule has 114 heavy (non-hydrogen) atoms. The van der Waals surface area contributed by atoms with Crippen molar-refractivity contribution in [3.63, 3.8) is 0 Å². The zero-order valence-electron chi connectivity index (χ0n) is 66.1. The summed E-state index contributed by atoms with van der Waals surface area (Å²) < 4.78 is 0. The number of carboxylic acid groups (broad SMARTS) is 2. The summed E-state index contributed by atoms with van der Waals surface area (Å²) in [5.41, 5.74) is 39.4. The minimum absolute atomic E-state index is 0.00571. The van der Waals surface area contributed by atoms with Gasteiger partial charge in [0.25, 0.3) is 0 Å². The predicted molar refractivity (Wildman–Crippen MR) is 410 cm³/mol. The molecule has 642 valence electrons. The van der Waals surface area contributed by atoms with Gasteiger partial charge in [0.2, 0.25) is 94.5 Å². The van der Waals surface area contributed by atoms with Crippen LogP contribution in [0.15, 0.2) is 0 Å². The molecule has 0 spiro atoms. The van der Waals surface area contributed by atoms with Crippen molar-refractivity contribution in [3.8, 4) is 0 Å². The smallest absolute Gasteiger partial charge is 0.326 e. The van der Waals surface area contributed by atoms with Gasteiger partial charge in [0.15, 0.2) is 5.96 Å². The number of likely N-dealkylation sites (tertiary alicyclic amines) is 3. The van der Waals surface area contributed by atoms with E-state index in [4.69, 9.17) is 45.5 Å². The van der Waals surface area contributed by atoms with Crippen LogP contribution in [0.2, 0.25) is 0 Å². The number of aliphatic carboxylic acids is 2. The molecule has 3 aliphatic heterocycles. The lowest BCUT2D eigenvalue weighted by Crippen LogP contribution is -2.60.